The van der Waals surface area contributed by atoms with Crippen molar-refractivity contribution in [2.45, 2.75) is 26.5 Å². The van der Waals surface area contributed by atoms with Gasteiger partial charge in [0.25, 0.3) is 5.56 Å². The van der Waals surface area contributed by atoms with E-state index in [1.54, 1.807) is 56.3 Å². The number of allylic oxidation sites excluding steroid dienone is 1. The number of hydrogen-bond acceptors (Lipinski definition) is 10. The summed E-state index contributed by atoms with van der Waals surface area (Å²) in [6.45, 7) is 3.79. The molecular formula is C34H30BrN3O7S. The minimum absolute atomic E-state index is 0.159. The lowest BCUT2D eigenvalue weighted by Crippen LogP contribution is -2.40. The predicted octanol–water partition coefficient (Wildman–Crippen LogP) is 5.04. The fourth-order valence-corrected chi connectivity index (χ4v) is 6.71. The third-order valence-corrected chi connectivity index (χ3v) is 8.99. The van der Waals surface area contributed by atoms with Crippen LogP contribution in [-0.2, 0) is 16.1 Å². The summed E-state index contributed by atoms with van der Waals surface area (Å²) in [7, 11) is 4.58. The number of halogens is 1. The van der Waals surface area contributed by atoms with E-state index in [9.17, 15) is 14.9 Å². The van der Waals surface area contributed by atoms with Gasteiger partial charge in [0.15, 0.2) is 27.8 Å². The Hall–Kier alpha value is -4.86. The standard InChI is InChI=1S/C34H30BrN3O7S/c1-6-44-33(40)30-19(2)37-34-38(31(30)23-15-27(42-4)28(43-5)16-24(23)35)32(39)29(46-34)14-20-11-12-25(26(13-20)41-3)45-18-22-10-8-7-9-21(22)17-36/h7-16,31H,6,18H2,1-5H3/b29-14-/t31-/m0/s1. The number of carbonyl (C=O) groups is 1. The fraction of sp³-hybridized carbons (Fsp3) is 0.235. The molecule has 0 bridgehead atoms. The van der Waals surface area contributed by atoms with E-state index in [1.165, 1.54) is 37.2 Å². The maximum Gasteiger partial charge on any atom is 0.338 e. The Balaban J connectivity index is 1.59. The number of thiazole rings is 1. The summed E-state index contributed by atoms with van der Waals surface area (Å²) in [5.74, 6) is 1.30. The number of benzene rings is 3. The highest BCUT2D eigenvalue weighted by Crippen LogP contribution is 2.41. The third-order valence-electron chi connectivity index (χ3n) is 7.32. The lowest BCUT2D eigenvalue weighted by atomic mass is 9.95. The fourth-order valence-electron chi connectivity index (χ4n) is 5.12. The SMILES string of the molecule is CCOC(=O)C1=C(C)N=c2s/c(=C\c3ccc(OCc4ccccc4C#N)c(OC)c3)c(=O)n2[C@H]1c1cc(OC)c(OC)cc1Br. The van der Waals surface area contributed by atoms with Crippen LogP contribution in [0.1, 0.15) is 42.1 Å². The minimum atomic E-state index is -0.853. The number of ether oxygens (including phenoxy) is 5. The van der Waals surface area contributed by atoms with Crippen LogP contribution in [0.5, 0.6) is 23.0 Å². The molecule has 1 atom stereocenters. The molecule has 0 saturated heterocycles. The van der Waals surface area contributed by atoms with Crippen molar-refractivity contribution in [3.8, 4) is 29.1 Å². The molecule has 1 aliphatic rings. The van der Waals surface area contributed by atoms with Gasteiger partial charge >= 0.3 is 5.97 Å². The molecular weight excluding hydrogens is 674 g/mol. The van der Waals surface area contributed by atoms with Crippen molar-refractivity contribution in [2.75, 3.05) is 27.9 Å². The summed E-state index contributed by atoms with van der Waals surface area (Å²) >= 11 is 4.82. The van der Waals surface area contributed by atoms with Crippen LogP contribution < -0.4 is 33.8 Å². The van der Waals surface area contributed by atoms with Crippen molar-refractivity contribution < 1.29 is 28.5 Å². The van der Waals surface area contributed by atoms with Gasteiger partial charge in [-0.3, -0.25) is 9.36 Å². The summed E-state index contributed by atoms with van der Waals surface area (Å²) in [6.07, 6.45) is 1.74. The van der Waals surface area contributed by atoms with E-state index in [-0.39, 0.29) is 24.3 Å². The number of rotatable bonds is 10. The van der Waals surface area contributed by atoms with Crippen molar-refractivity contribution in [3.05, 3.63) is 112 Å². The third kappa shape index (κ3) is 6.29. The number of aromatic nitrogens is 1. The van der Waals surface area contributed by atoms with Crippen LogP contribution >= 0.6 is 27.3 Å². The topological polar surface area (TPSA) is 121 Å². The van der Waals surface area contributed by atoms with Gasteiger partial charge in [-0.15, -0.1) is 0 Å². The lowest BCUT2D eigenvalue weighted by Gasteiger charge is -2.26. The van der Waals surface area contributed by atoms with Gasteiger partial charge in [-0.1, -0.05) is 51.5 Å². The highest BCUT2D eigenvalue weighted by Gasteiger charge is 2.35. The van der Waals surface area contributed by atoms with E-state index in [2.05, 4.69) is 27.0 Å². The molecule has 3 aromatic carbocycles. The van der Waals surface area contributed by atoms with Crippen LogP contribution in [0, 0.1) is 11.3 Å². The van der Waals surface area contributed by atoms with Crippen molar-refractivity contribution in [1.82, 2.24) is 4.57 Å². The van der Waals surface area contributed by atoms with Gasteiger partial charge in [0.05, 0.1) is 61.4 Å². The number of hydrogen-bond donors (Lipinski definition) is 0. The molecule has 0 amide bonds. The van der Waals surface area contributed by atoms with Crippen molar-refractivity contribution in [2.24, 2.45) is 4.99 Å². The Morgan fingerprint density at radius 2 is 1.74 bits per heavy atom. The van der Waals surface area contributed by atoms with Crippen molar-refractivity contribution >= 4 is 39.3 Å². The predicted molar refractivity (Wildman–Crippen MR) is 176 cm³/mol. The molecule has 0 saturated carbocycles. The molecule has 1 aliphatic heterocycles. The zero-order valence-corrected chi connectivity index (χ0v) is 28.2. The van der Waals surface area contributed by atoms with Gasteiger partial charge in [-0.05, 0) is 61.4 Å². The van der Waals surface area contributed by atoms with E-state index in [4.69, 9.17) is 23.7 Å². The maximum absolute atomic E-state index is 14.1. The zero-order valence-electron chi connectivity index (χ0n) is 25.8. The Kier molecular flexibility index (Phi) is 9.94. The highest BCUT2D eigenvalue weighted by atomic mass is 79.9. The summed E-state index contributed by atoms with van der Waals surface area (Å²) in [5, 5.41) is 9.39. The zero-order chi connectivity index (χ0) is 33.0. The molecule has 0 aliphatic carbocycles. The summed E-state index contributed by atoms with van der Waals surface area (Å²) < 4.78 is 30.5. The first-order chi connectivity index (χ1) is 22.2. The molecule has 12 heteroatoms. The van der Waals surface area contributed by atoms with Crippen LogP contribution in [0.4, 0.5) is 0 Å². The Bertz CT molecular complexity index is 2080. The van der Waals surface area contributed by atoms with E-state index in [1.807, 2.05) is 18.2 Å². The molecule has 46 heavy (non-hydrogen) atoms. The second kappa shape index (κ2) is 14.1. The summed E-state index contributed by atoms with van der Waals surface area (Å²) in [6, 6.07) is 17.3. The molecule has 4 aromatic rings. The molecule has 0 fully saturated rings. The maximum atomic E-state index is 14.1. The van der Waals surface area contributed by atoms with E-state index in [0.29, 0.717) is 59.2 Å². The van der Waals surface area contributed by atoms with Crippen LogP contribution in [0.2, 0.25) is 0 Å². The average Bonchev–Trinajstić information content (AvgIpc) is 3.36. The highest BCUT2D eigenvalue weighted by molar-refractivity contribution is 9.10. The minimum Gasteiger partial charge on any atom is -0.493 e. The van der Waals surface area contributed by atoms with Crippen molar-refractivity contribution in [1.29, 1.82) is 5.26 Å². The number of nitrogens with zero attached hydrogens (tertiary/aromatic N) is 3. The van der Waals surface area contributed by atoms with Gasteiger partial charge in [-0.25, -0.2) is 9.79 Å². The molecule has 10 nitrogen and oxygen atoms in total. The second-order valence-electron chi connectivity index (χ2n) is 10.00. The van der Waals surface area contributed by atoms with Gasteiger partial charge in [0.2, 0.25) is 0 Å². The van der Waals surface area contributed by atoms with Crippen molar-refractivity contribution in [3.63, 3.8) is 0 Å². The van der Waals surface area contributed by atoms with Crippen LogP contribution in [0.15, 0.2) is 80.1 Å². The van der Waals surface area contributed by atoms with Gasteiger partial charge in [0, 0.05) is 10.0 Å². The molecule has 0 N–H and O–H groups in total. The number of esters is 1. The van der Waals surface area contributed by atoms with Gasteiger partial charge in [-0.2, -0.15) is 5.26 Å². The number of fused-ring (bicyclic) bond motifs is 1. The molecule has 0 spiro atoms. The van der Waals surface area contributed by atoms with Gasteiger partial charge < -0.3 is 23.7 Å². The first-order valence-corrected chi connectivity index (χ1v) is 15.7. The van der Waals surface area contributed by atoms with Crippen LogP contribution in [-0.4, -0.2) is 38.5 Å². The molecule has 0 unspecified atom stereocenters. The van der Waals surface area contributed by atoms with Crippen LogP contribution in [0.25, 0.3) is 6.08 Å². The molecule has 2 heterocycles. The number of carbonyl (C=O) groups excluding carboxylic acids is 1. The van der Waals surface area contributed by atoms with E-state index >= 15 is 0 Å². The quantitative estimate of drug-likeness (QED) is 0.211. The van der Waals surface area contributed by atoms with E-state index in [0.717, 1.165) is 5.56 Å². The molecule has 0 radical (unpaired) electrons. The normalized spacial score (nSPS) is 14.2. The van der Waals surface area contributed by atoms with Gasteiger partial charge in [0.1, 0.15) is 6.61 Å². The molecule has 236 valence electrons. The van der Waals surface area contributed by atoms with E-state index < -0.39 is 12.0 Å². The monoisotopic (exact) mass is 703 g/mol. The summed E-state index contributed by atoms with van der Waals surface area (Å²) in [4.78, 5) is 32.5. The molecule has 1 aromatic heterocycles. The van der Waals surface area contributed by atoms with Crippen LogP contribution in [0.3, 0.4) is 0 Å². The Morgan fingerprint density at radius 1 is 1.04 bits per heavy atom. The molecule has 5 rings (SSSR count). The first-order valence-electron chi connectivity index (χ1n) is 14.1. The Morgan fingerprint density at radius 3 is 2.43 bits per heavy atom. The Labute approximate surface area is 277 Å². The smallest absolute Gasteiger partial charge is 0.338 e. The number of nitriles is 1. The largest absolute Gasteiger partial charge is 0.493 e. The summed E-state index contributed by atoms with van der Waals surface area (Å²) in [5.41, 5.74) is 2.94. The lowest BCUT2D eigenvalue weighted by molar-refractivity contribution is -0.139. The second-order valence-corrected chi connectivity index (χ2v) is 11.9. The number of methoxy groups -OCH3 is 3. The first kappa shape index (κ1) is 32.5. The average molecular weight is 705 g/mol.